The number of benzene rings is 2. The van der Waals surface area contributed by atoms with Gasteiger partial charge in [-0.25, -0.2) is 4.79 Å². The summed E-state index contributed by atoms with van der Waals surface area (Å²) in [6.45, 7) is 1.57. The molecule has 0 aliphatic carbocycles. The van der Waals surface area contributed by atoms with Gasteiger partial charge in [-0.05, 0) is 48.3 Å². The summed E-state index contributed by atoms with van der Waals surface area (Å²) in [6, 6.07) is 11.4. The zero-order chi connectivity index (χ0) is 29.5. The number of aliphatic hydroxyl groups is 1. The normalized spacial score (nSPS) is 21.1. The molecule has 2 saturated heterocycles. The van der Waals surface area contributed by atoms with E-state index in [2.05, 4.69) is 12.6 Å². The third-order valence-electron chi connectivity index (χ3n) is 7.28. The number of nitro benzene ring substituents is 2. The molecule has 2 aromatic carbocycles. The van der Waals surface area contributed by atoms with Crippen molar-refractivity contribution < 1.29 is 29.3 Å². The zero-order valence-electron chi connectivity index (χ0n) is 22.2. The van der Waals surface area contributed by atoms with E-state index in [0.29, 0.717) is 43.8 Å². The van der Waals surface area contributed by atoms with Gasteiger partial charge in [0, 0.05) is 54.4 Å². The van der Waals surface area contributed by atoms with Gasteiger partial charge >= 0.3 is 6.09 Å². The lowest BCUT2D eigenvalue weighted by Crippen LogP contribution is -2.43. The number of amides is 2. The van der Waals surface area contributed by atoms with E-state index < -0.39 is 28.1 Å². The second-order valence-electron chi connectivity index (χ2n) is 10.2. The molecule has 41 heavy (non-hydrogen) atoms. The number of thioether (sulfide) groups is 1. The Labute approximate surface area is 246 Å². The van der Waals surface area contributed by atoms with Gasteiger partial charge in [0.25, 0.3) is 11.4 Å². The molecule has 0 aromatic heterocycles. The van der Waals surface area contributed by atoms with Crippen LogP contribution in [0.25, 0.3) is 0 Å². The third-order valence-corrected chi connectivity index (χ3v) is 8.98. The highest BCUT2D eigenvalue weighted by atomic mass is 32.2. The maximum absolute atomic E-state index is 12.8. The van der Waals surface area contributed by atoms with E-state index in [1.54, 1.807) is 28.8 Å². The first-order valence-electron chi connectivity index (χ1n) is 13.3. The van der Waals surface area contributed by atoms with Crippen LogP contribution in [0.1, 0.15) is 30.4 Å². The molecule has 0 saturated carbocycles. The van der Waals surface area contributed by atoms with Gasteiger partial charge in [-0.2, -0.15) is 24.4 Å². The lowest BCUT2D eigenvalue weighted by Gasteiger charge is -2.28. The molecule has 220 valence electrons. The monoisotopic (exact) mass is 604 g/mol. The quantitative estimate of drug-likeness (QED) is 0.221. The van der Waals surface area contributed by atoms with Gasteiger partial charge in [0.15, 0.2) is 0 Å². The Balaban J connectivity index is 1.19. The number of ether oxygens (including phenoxy) is 1. The predicted octanol–water partition coefficient (Wildman–Crippen LogP) is 3.84. The molecule has 4 rings (SSSR count). The van der Waals surface area contributed by atoms with Crippen molar-refractivity contribution in [3.63, 3.8) is 0 Å². The zero-order valence-corrected chi connectivity index (χ0v) is 24.0. The Bertz CT molecular complexity index is 1250. The number of nitro groups is 2. The molecule has 0 unspecified atom stereocenters. The molecule has 2 fully saturated rings. The van der Waals surface area contributed by atoms with E-state index >= 15 is 0 Å². The van der Waals surface area contributed by atoms with Crippen molar-refractivity contribution in [2.45, 2.75) is 54.9 Å². The van der Waals surface area contributed by atoms with E-state index in [1.807, 2.05) is 0 Å². The summed E-state index contributed by atoms with van der Waals surface area (Å²) in [5, 5.41) is 32.7. The van der Waals surface area contributed by atoms with Crippen molar-refractivity contribution in [1.29, 1.82) is 0 Å². The Kier molecular flexibility index (Phi) is 10.5. The van der Waals surface area contributed by atoms with E-state index in [0.717, 1.165) is 12.0 Å². The van der Waals surface area contributed by atoms with Crippen molar-refractivity contribution in [3.8, 4) is 0 Å². The number of rotatable bonds is 11. The minimum absolute atomic E-state index is 0.00854. The molecule has 2 aromatic rings. The van der Waals surface area contributed by atoms with Gasteiger partial charge < -0.3 is 19.6 Å². The van der Waals surface area contributed by atoms with Crippen molar-refractivity contribution in [3.05, 3.63) is 79.9 Å². The first-order valence-corrected chi connectivity index (χ1v) is 14.8. The molecular weight excluding hydrogens is 572 g/mol. The minimum Gasteiger partial charge on any atom is -0.445 e. The van der Waals surface area contributed by atoms with E-state index in [4.69, 9.17) is 4.74 Å². The Morgan fingerprint density at radius 1 is 1.02 bits per heavy atom. The van der Waals surface area contributed by atoms with Crippen LogP contribution in [0.5, 0.6) is 0 Å². The molecule has 0 spiro atoms. The number of hydrogen-bond donors (Lipinski definition) is 2. The van der Waals surface area contributed by atoms with Crippen molar-refractivity contribution in [2.75, 3.05) is 25.4 Å². The van der Waals surface area contributed by atoms with Crippen LogP contribution in [-0.4, -0.2) is 84.8 Å². The summed E-state index contributed by atoms with van der Waals surface area (Å²) >= 11 is 6.21. The van der Waals surface area contributed by atoms with Crippen LogP contribution in [0.2, 0.25) is 0 Å². The first kappa shape index (κ1) is 30.6. The van der Waals surface area contributed by atoms with Gasteiger partial charge in [0.2, 0.25) is 5.91 Å². The highest BCUT2D eigenvalue weighted by Gasteiger charge is 2.39. The molecule has 14 heteroatoms. The smallest absolute Gasteiger partial charge is 0.410 e. The first-order chi connectivity index (χ1) is 19.6. The van der Waals surface area contributed by atoms with E-state index in [1.165, 1.54) is 41.3 Å². The van der Waals surface area contributed by atoms with Crippen LogP contribution < -0.4 is 0 Å². The summed E-state index contributed by atoms with van der Waals surface area (Å²) in [6.07, 6.45) is 0.722. The molecule has 1 N–H and O–H groups in total. The molecule has 0 bridgehead atoms. The number of non-ortho nitro benzene ring substituents is 2. The molecule has 2 amide bonds. The van der Waals surface area contributed by atoms with Crippen molar-refractivity contribution in [1.82, 2.24) is 9.80 Å². The van der Waals surface area contributed by atoms with Gasteiger partial charge in [0.05, 0.1) is 28.4 Å². The number of carbonyl (C=O) groups is 2. The Morgan fingerprint density at radius 2 is 1.63 bits per heavy atom. The predicted molar refractivity (Wildman–Crippen MR) is 156 cm³/mol. The van der Waals surface area contributed by atoms with Crippen LogP contribution in [-0.2, 0) is 22.6 Å². The maximum atomic E-state index is 12.8. The lowest BCUT2D eigenvalue weighted by molar-refractivity contribution is -0.385. The lowest BCUT2D eigenvalue weighted by atomic mass is 10.1. The summed E-state index contributed by atoms with van der Waals surface area (Å²) < 4.78 is 5.42. The summed E-state index contributed by atoms with van der Waals surface area (Å²) in [5.41, 5.74) is 1.30. The number of nitrogens with zero attached hydrogens (tertiary/aromatic N) is 4. The number of thiol groups is 1. The fourth-order valence-corrected chi connectivity index (χ4v) is 6.68. The number of aliphatic hydroxyl groups excluding tert-OH is 1. The van der Waals surface area contributed by atoms with Gasteiger partial charge in [0.1, 0.15) is 6.61 Å². The average Bonchev–Trinajstić information content (AvgIpc) is 3.59. The standard InChI is InChI=1S/C27H32N4O8S2/c32-25(24-14-22(40)15-29(24)27(34)39-17-19-3-7-21(8-4-19)31(37)38)10-12-41-23-9-11-28(16-23)26(33)13-18-1-5-20(6-2-18)30(35)36/h1-8,22-25,32,40H,9-17H2/t22-,23-,24-,25+/m0/s1. The van der Waals surface area contributed by atoms with Crippen LogP contribution in [0.3, 0.4) is 0 Å². The summed E-state index contributed by atoms with van der Waals surface area (Å²) in [4.78, 5) is 49.5. The SMILES string of the molecule is O=C(Cc1ccc([N+](=O)[O-])cc1)N1CC[C@H](SCC[C@@H](O)[C@@H]2C[C@H](S)CN2C(=O)OCc2ccc([N+](=O)[O-])cc2)C1. The maximum Gasteiger partial charge on any atom is 0.410 e. The average molecular weight is 605 g/mol. The number of likely N-dealkylation sites (tertiary alicyclic amines) is 2. The second-order valence-corrected chi connectivity index (χ2v) is 12.3. The molecule has 4 atom stereocenters. The molecule has 2 aliphatic heterocycles. The summed E-state index contributed by atoms with van der Waals surface area (Å²) in [5.74, 6) is 0.644. The molecule has 2 aliphatic rings. The Hall–Kier alpha value is -3.36. The largest absolute Gasteiger partial charge is 0.445 e. The number of carbonyl (C=O) groups excluding carboxylic acids is 2. The fourth-order valence-electron chi connectivity index (χ4n) is 5.02. The molecular formula is C27H32N4O8S2. The molecule has 2 heterocycles. The minimum atomic E-state index is -0.757. The van der Waals surface area contributed by atoms with Crippen LogP contribution in [0, 0.1) is 20.2 Å². The fraction of sp³-hybridized carbons (Fsp3) is 0.481. The van der Waals surface area contributed by atoms with E-state index in [9.17, 15) is 34.9 Å². The summed E-state index contributed by atoms with van der Waals surface area (Å²) in [7, 11) is 0. The van der Waals surface area contributed by atoms with Crippen molar-refractivity contribution >= 4 is 47.8 Å². The Morgan fingerprint density at radius 3 is 2.24 bits per heavy atom. The van der Waals surface area contributed by atoms with Gasteiger partial charge in [-0.15, -0.1) is 0 Å². The van der Waals surface area contributed by atoms with Crippen molar-refractivity contribution in [2.24, 2.45) is 0 Å². The third kappa shape index (κ3) is 8.33. The van der Waals surface area contributed by atoms with Gasteiger partial charge in [-0.1, -0.05) is 12.1 Å². The molecule has 12 nitrogen and oxygen atoms in total. The van der Waals surface area contributed by atoms with Crippen LogP contribution in [0.4, 0.5) is 16.2 Å². The van der Waals surface area contributed by atoms with Crippen LogP contribution >= 0.6 is 24.4 Å². The second kappa shape index (κ2) is 14.0. The van der Waals surface area contributed by atoms with Crippen LogP contribution in [0.15, 0.2) is 48.5 Å². The van der Waals surface area contributed by atoms with Gasteiger partial charge in [-0.3, -0.25) is 25.0 Å². The van der Waals surface area contributed by atoms with E-state index in [-0.39, 0.29) is 40.8 Å². The number of hydrogen-bond acceptors (Lipinski definition) is 10. The molecule has 0 radical (unpaired) electrons. The topological polar surface area (TPSA) is 156 Å². The highest BCUT2D eigenvalue weighted by Crippen LogP contribution is 2.29. The highest BCUT2D eigenvalue weighted by molar-refractivity contribution is 7.99.